The van der Waals surface area contributed by atoms with Gasteiger partial charge in [0, 0.05) is 28.0 Å². The number of rotatable bonds is 3. The number of hydrogen-bond donors (Lipinski definition) is 1. The molecule has 0 unspecified atom stereocenters. The van der Waals surface area contributed by atoms with Crippen molar-refractivity contribution in [1.82, 2.24) is 9.78 Å². The second kappa shape index (κ2) is 5.73. The summed E-state index contributed by atoms with van der Waals surface area (Å²) in [6, 6.07) is 7.49. The van der Waals surface area contributed by atoms with E-state index >= 15 is 0 Å². The molecule has 110 valence electrons. The maximum Gasteiger partial charge on any atom is 0.228 e. The number of benzene rings is 1. The topological polar surface area (TPSA) is 46.9 Å². The number of amides is 1. The fourth-order valence-corrected chi connectivity index (χ4v) is 3.42. The van der Waals surface area contributed by atoms with Crippen LogP contribution in [0.5, 0.6) is 0 Å². The first-order valence-electron chi connectivity index (χ1n) is 6.81. The molecule has 1 aliphatic rings. The predicted molar refractivity (Wildman–Crippen MR) is 87.0 cm³/mol. The van der Waals surface area contributed by atoms with Crippen molar-refractivity contribution >= 4 is 35.1 Å². The van der Waals surface area contributed by atoms with Crippen LogP contribution in [0.1, 0.15) is 25.1 Å². The lowest BCUT2D eigenvalue weighted by atomic mass is 10.2. The van der Waals surface area contributed by atoms with Gasteiger partial charge in [-0.2, -0.15) is 16.9 Å². The monoisotopic (exact) mass is 321 g/mol. The summed E-state index contributed by atoms with van der Waals surface area (Å²) in [4.78, 5) is 12.1. The number of halogens is 1. The summed E-state index contributed by atoms with van der Waals surface area (Å²) in [5.74, 6) is 2.46. The first-order chi connectivity index (χ1) is 10.1. The van der Waals surface area contributed by atoms with Gasteiger partial charge in [0.25, 0.3) is 0 Å². The molecule has 2 heterocycles. The van der Waals surface area contributed by atoms with Crippen molar-refractivity contribution in [3.63, 3.8) is 0 Å². The number of carbonyl (C=O) groups excluding carboxylic acids is 1. The van der Waals surface area contributed by atoms with Crippen molar-refractivity contribution < 1.29 is 4.79 Å². The molecule has 4 nitrogen and oxygen atoms in total. The SMILES string of the molecule is CC(C)C(=O)Nc1c2c(nn1-c1cccc(Cl)c1)CSC2. The Balaban J connectivity index is 2.06. The Morgan fingerprint density at radius 3 is 2.95 bits per heavy atom. The van der Waals surface area contributed by atoms with E-state index in [1.165, 1.54) is 0 Å². The third kappa shape index (κ3) is 2.80. The van der Waals surface area contributed by atoms with Gasteiger partial charge in [-0.05, 0) is 18.2 Å². The summed E-state index contributed by atoms with van der Waals surface area (Å²) in [6.07, 6.45) is 0. The fourth-order valence-electron chi connectivity index (χ4n) is 2.20. The molecule has 0 saturated heterocycles. The van der Waals surface area contributed by atoms with Gasteiger partial charge in [0.15, 0.2) is 0 Å². The Kier molecular flexibility index (Phi) is 3.95. The van der Waals surface area contributed by atoms with Crippen LogP contribution in [0.2, 0.25) is 5.02 Å². The van der Waals surface area contributed by atoms with Crippen molar-refractivity contribution in [2.75, 3.05) is 5.32 Å². The number of nitrogens with zero attached hydrogens (tertiary/aromatic N) is 2. The summed E-state index contributed by atoms with van der Waals surface area (Å²) < 4.78 is 1.79. The molecule has 2 aromatic rings. The summed E-state index contributed by atoms with van der Waals surface area (Å²) in [6.45, 7) is 3.76. The molecule has 1 N–H and O–H groups in total. The Hall–Kier alpha value is -1.46. The highest BCUT2D eigenvalue weighted by Crippen LogP contribution is 2.36. The molecular formula is C15H16ClN3OS. The van der Waals surface area contributed by atoms with Crippen LogP contribution in [0, 0.1) is 5.92 Å². The van der Waals surface area contributed by atoms with Crippen LogP contribution in [-0.4, -0.2) is 15.7 Å². The molecule has 1 aliphatic heterocycles. The molecule has 21 heavy (non-hydrogen) atoms. The van der Waals surface area contributed by atoms with Crippen LogP contribution in [-0.2, 0) is 16.3 Å². The molecular weight excluding hydrogens is 306 g/mol. The van der Waals surface area contributed by atoms with Gasteiger partial charge in [-0.1, -0.05) is 31.5 Å². The smallest absolute Gasteiger partial charge is 0.228 e. The molecule has 0 bridgehead atoms. The molecule has 0 aliphatic carbocycles. The van der Waals surface area contributed by atoms with Gasteiger partial charge in [-0.25, -0.2) is 4.68 Å². The average molecular weight is 322 g/mol. The number of nitrogens with one attached hydrogen (secondary N) is 1. The minimum absolute atomic E-state index is 0.00196. The molecule has 0 fully saturated rings. The summed E-state index contributed by atoms with van der Waals surface area (Å²) in [5.41, 5.74) is 3.02. The lowest BCUT2D eigenvalue weighted by Gasteiger charge is -2.12. The van der Waals surface area contributed by atoms with Gasteiger partial charge < -0.3 is 5.32 Å². The number of aromatic nitrogens is 2. The van der Waals surface area contributed by atoms with Crippen molar-refractivity contribution in [1.29, 1.82) is 0 Å². The molecule has 0 atom stereocenters. The largest absolute Gasteiger partial charge is 0.310 e. The maximum atomic E-state index is 12.1. The second-order valence-electron chi connectivity index (χ2n) is 5.30. The normalized spacial score (nSPS) is 13.5. The molecule has 1 aromatic heterocycles. The van der Waals surface area contributed by atoms with E-state index in [1.807, 2.05) is 49.9 Å². The number of fused-ring (bicyclic) bond motifs is 1. The van der Waals surface area contributed by atoms with Gasteiger partial charge in [0.05, 0.1) is 11.4 Å². The van der Waals surface area contributed by atoms with E-state index in [2.05, 4.69) is 10.4 Å². The second-order valence-corrected chi connectivity index (χ2v) is 6.72. The standard InChI is InChI=1S/C15H16ClN3OS/c1-9(2)15(20)17-14-12-7-21-8-13(12)18-19(14)11-5-3-4-10(16)6-11/h3-6,9H,7-8H2,1-2H3,(H,17,20). The third-order valence-electron chi connectivity index (χ3n) is 3.37. The summed E-state index contributed by atoms with van der Waals surface area (Å²) in [7, 11) is 0. The molecule has 1 amide bonds. The van der Waals surface area contributed by atoms with Gasteiger partial charge in [-0.15, -0.1) is 0 Å². The Morgan fingerprint density at radius 2 is 2.24 bits per heavy atom. The zero-order chi connectivity index (χ0) is 15.0. The van der Waals surface area contributed by atoms with Crippen LogP contribution < -0.4 is 5.32 Å². The van der Waals surface area contributed by atoms with Crippen LogP contribution in [0.4, 0.5) is 5.82 Å². The minimum atomic E-state index is -0.0718. The quantitative estimate of drug-likeness (QED) is 0.933. The Morgan fingerprint density at radius 1 is 1.43 bits per heavy atom. The van der Waals surface area contributed by atoms with Crippen molar-refractivity contribution in [3.8, 4) is 5.69 Å². The highest BCUT2D eigenvalue weighted by atomic mass is 35.5. The minimum Gasteiger partial charge on any atom is -0.310 e. The van der Waals surface area contributed by atoms with Gasteiger partial charge >= 0.3 is 0 Å². The van der Waals surface area contributed by atoms with Crippen molar-refractivity contribution in [2.45, 2.75) is 25.4 Å². The van der Waals surface area contributed by atoms with E-state index in [-0.39, 0.29) is 11.8 Å². The lowest BCUT2D eigenvalue weighted by Crippen LogP contribution is -2.20. The van der Waals surface area contributed by atoms with E-state index in [0.29, 0.717) is 5.02 Å². The molecule has 0 spiro atoms. The van der Waals surface area contributed by atoms with Crippen molar-refractivity contribution in [2.24, 2.45) is 5.92 Å². The highest BCUT2D eigenvalue weighted by molar-refractivity contribution is 7.98. The summed E-state index contributed by atoms with van der Waals surface area (Å²) in [5, 5.41) is 8.30. The molecule has 6 heteroatoms. The van der Waals surface area contributed by atoms with Gasteiger partial charge in [-0.3, -0.25) is 4.79 Å². The van der Waals surface area contributed by atoms with Gasteiger partial charge in [0.1, 0.15) is 5.82 Å². The van der Waals surface area contributed by atoms with E-state index < -0.39 is 0 Å². The number of hydrogen-bond acceptors (Lipinski definition) is 3. The molecule has 0 radical (unpaired) electrons. The Bertz CT molecular complexity index is 696. The van der Waals surface area contributed by atoms with E-state index in [1.54, 1.807) is 4.68 Å². The molecule has 1 aromatic carbocycles. The third-order valence-corrected chi connectivity index (χ3v) is 4.58. The number of anilines is 1. The van der Waals surface area contributed by atoms with E-state index in [4.69, 9.17) is 11.6 Å². The number of thioether (sulfide) groups is 1. The van der Waals surface area contributed by atoms with Crippen molar-refractivity contribution in [3.05, 3.63) is 40.5 Å². The van der Waals surface area contributed by atoms with Crippen LogP contribution in [0.15, 0.2) is 24.3 Å². The first-order valence-corrected chi connectivity index (χ1v) is 8.35. The summed E-state index contributed by atoms with van der Waals surface area (Å²) >= 11 is 7.88. The Labute approximate surface area is 132 Å². The van der Waals surface area contributed by atoms with Crippen LogP contribution in [0.3, 0.4) is 0 Å². The number of carbonyl (C=O) groups is 1. The first kappa shape index (κ1) is 14.5. The van der Waals surface area contributed by atoms with E-state index in [9.17, 15) is 4.79 Å². The fraction of sp³-hybridized carbons (Fsp3) is 0.333. The molecule has 0 saturated carbocycles. The zero-order valence-electron chi connectivity index (χ0n) is 11.9. The maximum absolute atomic E-state index is 12.1. The zero-order valence-corrected chi connectivity index (χ0v) is 13.5. The van der Waals surface area contributed by atoms with Crippen LogP contribution in [0.25, 0.3) is 5.69 Å². The lowest BCUT2D eigenvalue weighted by molar-refractivity contribution is -0.118. The van der Waals surface area contributed by atoms with Crippen LogP contribution >= 0.6 is 23.4 Å². The van der Waals surface area contributed by atoms with Gasteiger partial charge in [0.2, 0.25) is 5.91 Å². The van der Waals surface area contributed by atoms with E-state index in [0.717, 1.165) is 34.3 Å². The highest BCUT2D eigenvalue weighted by Gasteiger charge is 2.25. The average Bonchev–Trinajstić information content (AvgIpc) is 3.01. The molecule has 3 rings (SSSR count). The predicted octanol–water partition coefficient (Wildman–Crippen LogP) is 3.87.